The molecule has 0 aromatic heterocycles. The summed E-state index contributed by atoms with van der Waals surface area (Å²) in [6.45, 7) is 6.38. The Morgan fingerprint density at radius 3 is 1.64 bits per heavy atom. The molecule has 2 aromatic carbocycles. The van der Waals surface area contributed by atoms with Gasteiger partial charge in [-0.15, -0.1) is 0 Å². The molecule has 0 fully saturated rings. The van der Waals surface area contributed by atoms with Crippen LogP contribution in [0.1, 0.15) is 53.5 Å². The zero-order chi connectivity index (χ0) is 16.3. The summed E-state index contributed by atoms with van der Waals surface area (Å²) in [4.78, 5) is 24.4. The SMILES string of the molecule is CC(C)(C)c1ccc(C(=O)CC(=O)c2ccc(Br)cc2)cc1. The highest BCUT2D eigenvalue weighted by molar-refractivity contribution is 9.10. The minimum Gasteiger partial charge on any atom is -0.294 e. The lowest BCUT2D eigenvalue weighted by Gasteiger charge is -2.18. The van der Waals surface area contributed by atoms with Gasteiger partial charge < -0.3 is 0 Å². The predicted octanol–water partition coefficient (Wildman–Crippen LogP) is 5.20. The maximum atomic E-state index is 12.2. The van der Waals surface area contributed by atoms with Crippen molar-refractivity contribution in [3.8, 4) is 0 Å². The van der Waals surface area contributed by atoms with E-state index >= 15 is 0 Å². The summed E-state index contributed by atoms with van der Waals surface area (Å²) in [7, 11) is 0. The fourth-order valence-electron chi connectivity index (χ4n) is 2.14. The Labute approximate surface area is 139 Å². The minimum absolute atomic E-state index is 0.0504. The highest BCUT2D eigenvalue weighted by Crippen LogP contribution is 2.22. The summed E-state index contributed by atoms with van der Waals surface area (Å²) in [5, 5.41) is 0. The lowest BCUT2D eigenvalue weighted by atomic mass is 9.86. The van der Waals surface area contributed by atoms with Gasteiger partial charge in [0.05, 0.1) is 6.42 Å². The minimum atomic E-state index is -0.155. The molecule has 0 saturated heterocycles. The van der Waals surface area contributed by atoms with E-state index < -0.39 is 0 Å². The summed E-state index contributed by atoms with van der Waals surface area (Å²) in [6.07, 6.45) is -0.101. The monoisotopic (exact) mass is 358 g/mol. The van der Waals surface area contributed by atoms with E-state index in [1.54, 1.807) is 36.4 Å². The molecule has 0 spiro atoms. The van der Waals surface area contributed by atoms with Crippen molar-refractivity contribution in [1.29, 1.82) is 0 Å². The van der Waals surface area contributed by atoms with Crippen LogP contribution in [-0.4, -0.2) is 11.6 Å². The van der Waals surface area contributed by atoms with Gasteiger partial charge in [0.2, 0.25) is 0 Å². The molecule has 0 bridgehead atoms. The van der Waals surface area contributed by atoms with Crippen LogP contribution in [-0.2, 0) is 5.41 Å². The van der Waals surface area contributed by atoms with Gasteiger partial charge in [-0.25, -0.2) is 0 Å². The molecule has 2 nitrogen and oxygen atoms in total. The number of hydrogen-bond acceptors (Lipinski definition) is 2. The molecule has 22 heavy (non-hydrogen) atoms. The van der Waals surface area contributed by atoms with Gasteiger partial charge in [0, 0.05) is 15.6 Å². The Bertz CT molecular complexity index is 677. The summed E-state index contributed by atoms with van der Waals surface area (Å²) >= 11 is 3.33. The molecule has 0 heterocycles. The molecule has 0 atom stereocenters. The molecule has 0 amide bonds. The molecule has 0 saturated carbocycles. The molecule has 0 aliphatic rings. The van der Waals surface area contributed by atoms with Crippen LogP contribution in [0.3, 0.4) is 0 Å². The highest BCUT2D eigenvalue weighted by atomic mass is 79.9. The molecule has 2 rings (SSSR count). The smallest absolute Gasteiger partial charge is 0.170 e. The van der Waals surface area contributed by atoms with Crippen molar-refractivity contribution in [3.05, 3.63) is 69.7 Å². The van der Waals surface area contributed by atoms with E-state index in [-0.39, 0.29) is 23.4 Å². The number of hydrogen-bond donors (Lipinski definition) is 0. The number of rotatable bonds is 4. The molecular weight excluding hydrogens is 340 g/mol. The Kier molecular flexibility index (Phi) is 4.97. The number of carbonyl (C=O) groups is 2. The average Bonchev–Trinajstić information content (AvgIpc) is 2.47. The number of ketones is 2. The second-order valence-corrected chi connectivity index (χ2v) is 7.27. The molecule has 114 valence electrons. The Balaban J connectivity index is 2.09. The lowest BCUT2D eigenvalue weighted by molar-refractivity contribution is 0.0894. The molecular formula is C19H19BrO2. The van der Waals surface area contributed by atoms with Crippen LogP contribution in [0.4, 0.5) is 0 Å². The second-order valence-electron chi connectivity index (χ2n) is 6.36. The van der Waals surface area contributed by atoms with E-state index in [0.717, 1.165) is 4.47 Å². The van der Waals surface area contributed by atoms with Crippen LogP contribution in [0.5, 0.6) is 0 Å². The van der Waals surface area contributed by atoms with Gasteiger partial charge in [-0.3, -0.25) is 9.59 Å². The molecule has 0 aliphatic carbocycles. The maximum Gasteiger partial charge on any atom is 0.170 e. The first-order valence-electron chi connectivity index (χ1n) is 7.20. The number of carbonyl (C=O) groups excluding carboxylic acids is 2. The first-order chi connectivity index (χ1) is 10.3. The predicted molar refractivity (Wildman–Crippen MR) is 92.6 cm³/mol. The van der Waals surface area contributed by atoms with E-state index in [9.17, 15) is 9.59 Å². The van der Waals surface area contributed by atoms with Crippen LogP contribution in [0.25, 0.3) is 0 Å². The fraction of sp³-hybridized carbons (Fsp3) is 0.263. The average molecular weight is 359 g/mol. The summed E-state index contributed by atoms with van der Waals surface area (Å²) in [5.41, 5.74) is 2.36. The van der Waals surface area contributed by atoms with E-state index in [1.165, 1.54) is 5.56 Å². The Morgan fingerprint density at radius 1 is 0.818 bits per heavy atom. The third-order valence-electron chi connectivity index (χ3n) is 3.56. The topological polar surface area (TPSA) is 34.1 Å². The van der Waals surface area contributed by atoms with Crippen molar-refractivity contribution in [2.45, 2.75) is 32.6 Å². The van der Waals surface area contributed by atoms with Crippen molar-refractivity contribution in [2.24, 2.45) is 0 Å². The summed E-state index contributed by atoms with van der Waals surface area (Å²) in [6, 6.07) is 14.6. The molecule has 0 radical (unpaired) electrons. The van der Waals surface area contributed by atoms with Crippen LogP contribution in [0, 0.1) is 0 Å². The van der Waals surface area contributed by atoms with Gasteiger partial charge in [0.25, 0.3) is 0 Å². The van der Waals surface area contributed by atoms with Crippen molar-refractivity contribution >= 4 is 27.5 Å². The number of benzene rings is 2. The normalized spacial score (nSPS) is 11.3. The standard InChI is InChI=1S/C19H19BrO2/c1-19(2,3)15-8-4-13(5-9-15)17(21)12-18(22)14-6-10-16(20)11-7-14/h4-11H,12H2,1-3H3. The zero-order valence-corrected chi connectivity index (χ0v) is 14.6. The molecule has 0 N–H and O–H groups in total. The largest absolute Gasteiger partial charge is 0.294 e. The van der Waals surface area contributed by atoms with E-state index in [2.05, 4.69) is 36.7 Å². The van der Waals surface area contributed by atoms with Crippen LogP contribution in [0.15, 0.2) is 53.0 Å². The quantitative estimate of drug-likeness (QED) is 0.555. The summed E-state index contributed by atoms with van der Waals surface area (Å²) < 4.78 is 0.910. The third-order valence-corrected chi connectivity index (χ3v) is 4.09. The molecule has 2 aromatic rings. The van der Waals surface area contributed by atoms with Gasteiger partial charge in [-0.05, 0) is 23.1 Å². The first-order valence-corrected chi connectivity index (χ1v) is 7.99. The van der Waals surface area contributed by atoms with Gasteiger partial charge >= 0.3 is 0 Å². The van der Waals surface area contributed by atoms with E-state index in [4.69, 9.17) is 0 Å². The summed E-state index contributed by atoms with van der Waals surface area (Å²) in [5.74, 6) is -0.300. The number of halogens is 1. The van der Waals surface area contributed by atoms with Crippen LogP contribution >= 0.6 is 15.9 Å². The van der Waals surface area contributed by atoms with Gasteiger partial charge in [-0.2, -0.15) is 0 Å². The highest BCUT2D eigenvalue weighted by Gasteiger charge is 2.16. The van der Waals surface area contributed by atoms with Gasteiger partial charge in [0.1, 0.15) is 0 Å². The Morgan fingerprint density at radius 2 is 1.23 bits per heavy atom. The first kappa shape index (κ1) is 16.6. The van der Waals surface area contributed by atoms with Gasteiger partial charge in [0.15, 0.2) is 11.6 Å². The fourth-order valence-corrected chi connectivity index (χ4v) is 2.41. The zero-order valence-electron chi connectivity index (χ0n) is 13.0. The molecule has 3 heteroatoms. The lowest BCUT2D eigenvalue weighted by Crippen LogP contribution is -2.12. The Hall–Kier alpha value is -1.74. The van der Waals surface area contributed by atoms with E-state index in [1.807, 2.05) is 12.1 Å². The van der Waals surface area contributed by atoms with Crippen molar-refractivity contribution in [1.82, 2.24) is 0 Å². The van der Waals surface area contributed by atoms with Gasteiger partial charge in [-0.1, -0.05) is 73.1 Å². The van der Waals surface area contributed by atoms with Crippen molar-refractivity contribution in [3.63, 3.8) is 0 Å². The van der Waals surface area contributed by atoms with Crippen LogP contribution in [0.2, 0.25) is 0 Å². The molecule has 0 unspecified atom stereocenters. The number of Topliss-reactive ketones (excluding diaryl/α,β-unsaturated/α-hetero) is 2. The van der Waals surface area contributed by atoms with E-state index in [0.29, 0.717) is 11.1 Å². The van der Waals surface area contributed by atoms with Crippen LogP contribution < -0.4 is 0 Å². The van der Waals surface area contributed by atoms with Crippen molar-refractivity contribution in [2.75, 3.05) is 0 Å². The third kappa shape index (κ3) is 4.14. The molecule has 0 aliphatic heterocycles. The maximum absolute atomic E-state index is 12.2. The second kappa shape index (κ2) is 6.57. The van der Waals surface area contributed by atoms with Crippen molar-refractivity contribution < 1.29 is 9.59 Å².